The molecule has 7 heteroatoms. The summed E-state index contributed by atoms with van der Waals surface area (Å²) in [6, 6.07) is 25.4. The largest absolute Gasteiger partial charge is 0.321 e. The van der Waals surface area contributed by atoms with Crippen molar-refractivity contribution in [3.05, 3.63) is 96.2 Å². The van der Waals surface area contributed by atoms with Gasteiger partial charge >= 0.3 is 0 Å². The number of hydrogen-bond acceptors (Lipinski definition) is 4. The first-order valence-electron chi connectivity index (χ1n) is 9.65. The van der Waals surface area contributed by atoms with E-state index in [9.17, 15) is 13.2 Å². The highest BCUT2D eigenvalue weighted by molar-refractivity contribution is 7.90. The summed E-state index contributed by atoms with van der Waals surface area (Å²) in [4.78, 5) is 13.1. The van der Waals surface area contributed by atoms with Gasteiger partial charge in [0.1, 0.15) is 0 Å². The molecule has 0 aliphatic carbocycles. The van der Waals surface area contributed by atoms with Gasteiger partial charge in [0.25, 0.3) is 5.91 Å². The molecule has 1 heterocycles. The SMILES string of the molecule is Cc1ccc(-c2cc(C(=O)Nc3ccc(S(C)(=O)=O)cc3)nn2-c2ccccc2)cc1. The summed E-state index contributed by atoms with van der Waals surface area (Å²) in [6.07, 6.45) is 1.14. The predicted octanol–water partition coefficient (Wildman–Crippen LogP) is 4.50. The molecule has 31 heavy (non-hydrogen) atoms. The number of carbonyl (C=O) groups excluding carboxylic acids is 1. The molecule has 0 bridgehead atoms. The predicted molar refractivity (Wildman–Crippen MR) is 121 cm³/mol. The monoisotopic (exact) mass is 431 g/mol. The Morgan fingerprint density at radius 2 is 1.55 bits per heavy atom. The van der Waals surface area contributed by atoms with E-state index in [-0.39, 0.29) is 16.5 Å². The van der Waals surface area contributed by atoms with E-state index in [0.717, 1.165) is 28.8 Å². The number of hydrogen-bond donors (Lipinski definition) is 1. The van der Waals surface area contributed by atoms with E-state index in [2.05, 4.69) is 10.4 Å². The van der Waals surface area contributed by atoms with Crippen LogP contribution in [0, 0.1) is 6.92 Å². The third-order valence-electron chi connectivity index (χ3n) is 4.83. The van der Waals surface area contributed by atoms with Crippen LogP contribution in [0.25, 0.3) is 16.9 Å². The fourth-order valence-electron chi connectivity index (χ4n) is 3.17. The summed E-state index contributed by atoms with van der Waals surface area (Å²) in [6.45, 7) is 2.02. The lowest BCUT2D eigenvalue weighted by atomic mass is 10.1. The number of sulfone groups is 1. The Bertz CT molecular complexity index is 1330. The van der Waals surface area contributed by atoms with Gasteiger partial charge in [0.2, 0.25) is 0 Å². The van der Waals surface area contributed by atoms with Crippen LogP contribution in [-0.2, 0) is 9.84 Å². The third-order valence-corrected chi connectivity index (χ3v) is 5.96. The molecule has 0 saturated heterocycles. The fourth-order valence-corrected chi connectivity index (χ4v) is 3.80. The van der Waals surface area contributed by atoms with Gasteiger partial charge in [-0.2, -0.15) is 5.10 Å². The van der Waals surface area contributed by atoms with E-state index in [1.165, 1.54) is 12.1 Å². The molecule has 1 N–H and O–H groups in total. The molecule has 0 aliphatic rings. The normalized spacial score (nSPS) is 11.3. The molecule has 0 aliphatic heterocycles. The number of nitrogens with zero attached hydrogens (tertiary/aromatic N) is 2. The van der Waals surface area contributed by atoms with Crippen molar-refractivity contribution in [3.63, 3.8) is 0 Å². The molecule has 4 rings (SSSR count). The quantitative estimate of drug-likeness (QED) is 0.504. The van der Waals surface area contributed by atoms with E-state index in [0.29, 0.717) is 5.69 Å². The Morgan fingerprint density at radius 3 is 2.16 bits per heavy atom. The van der Waals surface area contributed by atoms with Crippen LogP contribution >= 0.6 is 0 Å². The van der Waals surface area contributed by atoms with Gasteiger partial charge in [0.15, 0.2) is 15.5 Å². The molecule has 0 fully saturated rings. The van der Waals surface area contributed by atoms with Crippen molar-refractivity contribution in [1.29, 1.82) is 0 Å². The Balaban J connectivity index is 1.68. The number of carbonyl (C=O) groups is 1. The fraction of sp³-hybridized carbons (Fsp3) is 0.0833. The van der Waals surface area contributed by atoms with Crippen LogP contribution in [0.15, 0.2) is 89.8 Å². The standard InChI is InChI=1S/C24H21N3O3S/c1-17-8-10-18(11-9-17)23-16-22(26-27(23)20-6-4-3-5-7-20)24(28)25-19-12-14-21(15-13-19)31(2,29)30/h3-16H,1-2H3,(H,25,28). The van der Waals surface area contributed by atoms with Crippen LogP contribution < -0.4 is 5.32 Å². The van der Waals surface area contributed by atoms with Crippen molar-refractivity contribution in [2.24, 2.45) is 0 Å². The molecule has 0 spiro atoms. The van der Waals surface area contributed by atoms with E-state index < -0.39 is 9.84 Å². The maximum absolute atomic E-state index is 12.9. The van der Waals surface area contributed by atoms with Gasteiger partial charge in [-0.15, -0.1) is 0 Å². The molecule has 0 radical (unpaired) electrons. The van der Waals surface area contributed by atoms with E-state index in [4.69, 9.17) is 0 Å². The van der Waals surface area contributed by atoms with Crippen LogP contribution in [0.4, 0.5) is 5.69 Å². The number of aromatic nitrogens is 2. The summed E-state index contributed by atoms with van der Waals surface area (Å²) in [7, 11) is -3.30. The second kappa shape index (κ2) is 8.20. The molecule has 1 amide bonds. The zero-order valence-corrected chi connectivity index (χ0v) is 17.9. The van der Waals surface area contributed by atoms with Crippen molar-refractivity contribution in [2.45, 2.75) is 11.8 Å². The number of aryl methyl sites for hydroxylation is 1. The lowest BCUT2D eigenvalue weighted by molar-refractivity contribution is 0.102. The third kappa shape index (κ3) is 4.57. The summed E-state index contributed by atoms with van der Waals surface area (Å²) < 4.78 is 25.0. The molecule has 4 aromatic rings. The van der Waals surface area contributed by atoms with Crippen molar-refractivity contribution in [3.8, 4) is 16.9 Å². The van der Waals surface area contributed by atoms with Gasteiger partial charge in [-0.25, -0.2) is 13.1 Å². The summed E-state index contributed by atoms with van der Waals surface area (Å²) >= 11 is 0. The number of amides is 1. The number of para-hydroxylation sites is 1. The van der Waals surface area contributed by atoms with Crippen molar-refractivity contribution >= 4 is 21.4 Å². The second-order valence-corrected chi connectivity index (χ2v) is 9.29. The van der Waals surface area contributed by atoms with Gasteiger partial charge in [-0.3, -0.25) is 4.79 Å². The van der Waals surface area contributed by atoms with Crippen LogP contribution in [-0.4, -0.2) is 30.4 Å². The topological polar surface area (TPSA) is 81.1 Å². The van der Waals surface area contributed by atoms with E-state index in [1.54, 1.807) is 22.9 Å². The smallest absolute Gasteiger partial charge is 0.276 e. The Morgan fingerprint density at radius 1 is 0.903 bits per heavy atom. The zero-order valence-electron chi connectivity index (χ0n) is 17.1. The first-order valence-corrected chi connectivity index (χ1v) is 11.5. The molecule has 0 unspecified atom stereocenters. The molecule has 1 aromatic heterocycles. The van der Waals surface area contributed by atoms with Crippen molar-refractivity contribution in [1.82, 2.24) is 9.78 Å². The minimum atomic E-state index is -3.30. The van der Waals surface area contributed by atoms with Gasteiger partial charge in [0.05, 0.1) is 16.3 Å². The molecule has 0 saturated carbocycles. The lowest BCUT2D eigenvalue weighted by Gasteiger charge is -2.07. The maximum Gasteiger partial charge on any atom is 0.276 e. The Hall–Kier alpha value is -3.71. The van der Waals surface area contributed by atoms with Crippen molar-refractivity contribution in [2.75, 3.05) is 11.6 Å². The van der Waals surface area contributed by atoms with Crippen LogP contribution in [0.5, 0.6) is 0 Å². The number of benzene rings is 3. The summed E-state index contributed by atoms with van der Waals surface area (Å²) in [5, 5.41) is 7.32. The molecule has 0 atom stereocenters. The number of nitrogens with one attached hydrogen (secondary N) is 1. The average molecular weight is 432 g/mol. The molecular weight excluding hydrogens is 410 g/mol. The van der Waals surface area contributed by atoms with Crippen molar-refractivity contribution < 1.29 is 13.2 Å². The Labute approximate surface area is 181 Å². The summed E-state index contributed by atoms with van der Waals surface area (Å²) in [5.74, 6) is -0.379. The first kappa shape index (κ1) is 20.6. The minimum absolute atomic E-state index is 0.195. The minimum Gasteiger partial charge on any atom is -0.321 e. The number of rotatable bonds is 5. The molecule has 156 valence electrons. The second-order valence-electron chi connectivity index (χ2n) is 7.28. The van der Waals surface area contributed by atoms with Crippen LogP contribution in [0.3, 0.4) is 0 Å². The Kier molecular flexibility index (Phi) is 5.44. The van der Waals surface area contributed by atoms with E-state index >= 15 is 0 Å². The highest BCUT2D eigenvalue weighted by Gasteiger charge is 2.17. The van der Waals surface area contributed by atoms with Gasteiger partial charge in [0, 0.05) is 17.5 Å². The van der Waals surface area contributed by atoms with Crippen LogP contribution in [0.1, 0.15) is 16.1 Å². The zero-order chi connectivity index (χ0) is 22.0. The molecular formula is C24H21N3O3S. The molecule has 6 nitrogen and oxygen atoms in total. The van der Waals surface area contributed by atoms with Crippen LogP contribution in [0.2, 0.25) is 0 Å². The maximum atomic E-state index is 12.9. The highest BCUT2D eigenvalue weighted by Crippen LogP contribution is 2.25. The van der Waals surface area contributed by atoms with Gasteiger partial charge < -0.3 is 5.32 Å². The highest BCUT2D eigenvalue weighted by atomic mass is 32.2. The molecule has 3 aromatic carbocycles. The van der Waals surface area contributed by atoms with Gasteiger partial charge in [-0.05, 0) is 49.4 Å². The van der Waals surface area contributed by atoms with E-state index in [1.807, 2.05) is 61.5 Å². The van der Waals surface area contributed by atoms with Gasteiger partial charge in [-0.1, -0.05) is 48.0 Å². The summed E-state index contributed by atoms with van der Waals surface area (Å²) in [5.41, 5.74) is 4.47. The first-order chi connectivity index (χ1) is 14.8. The number of anilines is 1. The lowest BCUT2D eigenvalue weighted by Crippen LogP contribution is -2.13. The average Bonchev–Trinajstić information content (AvgIpc) is 3.20.